The van der Waals surface area contributed by atoms with Gasteiger partial charge in [-0.1, -0.05) is 27.5 Å². The maximum atomic E-state index is 10.9. The maximum Gasteiger partial charge on any atom is 0.312 e. The number of aryl methyl sites for hydroxylation is 1. The molecule has 0 aliphatic carbocycles. The van der Waals surface area contributed by atoms with E-state index in [1.54, 1.807) is 19.1 Å². The van der Waals surface area contributed by atoms with Crippen molar-refractivity contribution in [1.29, 1.82) is 0 Å². The van der Waals surface area contributed by atoms with E-state index in [2.05, 4.69) is 25.9 Å². The monoisotopic (exact) mass is 357 g/mol. The lowest BCUT2D eigenvalue weighted by atomic mass is 10.3. The van der Waals surface area contributed by atoms with E-state index in [9.17, 15) is 10.1 Å². The molecule has 0 fully saturated rings. The van der Waals surface area contributed by atoms with Gasteiger partial charge in [0.2, 0.25) is 0 Å². The van der Waals surface area contributed by atoms with Crippen molar-refractivity contribution in [3.8, 4) is 5.75 Å². The van der Waals surface area contributed by atoms with E-state index in [1.807, 2.05) is 0 Å². The van der Waals surface area contributed by atoms with Crippen LogP contribution in [0.2, 0.25) is 5.15 Å². The summed E-state index contributed by atoms with van der Waals surface area (Å²) < 4.78 is 6.01. The van der Waals surface area contributed by atoms with E-state index in [0.717, 1.165) is 0 Å². The van der Waals surface area contributed by atoms with Gasteiger partial charge in [0.05, 0.1) is 4.92 Å². The number of nitrogens with zero attached hydrogens (tertiary/aromatic N) is 3. The minimum Gasteiger partial charge on any atom is -0.479 e. The highest BCUT2D eigenvalue weighted by Crippen LogP contribution is 2.30. The van der Waals surface area contributed by atoms with Crippen molar-refractivity contribution in [3.05, 3.63) is 55.5 Å². The third kappa shape index (κ3) is 3.64. The Morgan fingerprint density at radius 1 is 1.40 bits per heavy atom. The molecule has 6 nitrogen and oxygen atoms in total. The van der Waals surface area contributed by atoms with Crippen molar-refractivity contribution >= 4 is 33.2 Å². The molecule has 0 unspecified atom stereocenters. The summed E-state index contributed by atoms with van der Waals surface area (Å²) in [6.07, 6.45) is 0. The summed E-state index contributed by atoms with van der Waals surface area (Å²) in [5.74, 6) is 0.520. The first kappa shape index (κ1) is 14.7. The highest BCUT2D eigenvalue weighted by atomic mass is 79.9. The van der Waals surface area contributed by atoms with Gasteiger partial charge in [-0.2, -0.15) is 0 Å². The van der Waals surface area contributed by atoms with Crippen molar-refractivity contribution < 1.29 is 9.66 Å². The van der Waals surface area contributed by atoms with Crippen LogP contribution in [0.25, 0.3) is 0 Å². The zero-order valence-electron chi connectivity index (χ0n) is 10.3. The van der Waals surface area contributed by atoms with E-state index < -0.39 is 4.92 Å². The average molecular weight is 359 g/mol. The molecular formula is C12H9BrClN3O3. The Morgan fingerprint density at radius 2 is 2.15 bits per heavy atom. The largest absolute Gasteiger partial charge is 0.479 e. The Labute approximate surface area is 128 Å². The van der Waals surface area contributed by atoms with Crippen molar-refractivity contribution in [2.75, 3.05) is 0 Å². The number of aromatic nitrogens is 2. The Balaban J connectivity index is 2.20. The number of benzene rings is 1. The van der Waals surface area contributed by atoms with Crippen LogP contribution in [0, 0.1) is 17.0 Å². The predicted octanol–water partition coefficient (Wildman–Crippen LogP) is 3.69. The lowest BCUT2D eigenvalue weighted by molar-refractivity contribution is -0.386. The minimum atomic E-state index is -0.510. The van der Waals surface area contributed by atoms with E-state index >= 15 is 0 Å². The van der Waals surface area contributed by atoms with Crippen LogP contribution < -0.4 is 4.74 Å². The van der Waals surface area contributed by atoms with Crippen molar-refractivity contribution in [1.82, 2.24) is 9.97 Å². The molecule has 0 saturated heterocycles. The number of nitro groups is 1. The van der Waals surface area contributed by atoms with Gasteiger partial charge in [-0.05, 0) is 25.1 Å². The van der Waals surface area contributed by atoms with Crippen LogP contribution in [-0.2, 0) is 6.61 Å². The van der Waals surface area contributed by atoms with Crippen molar-refractivity contribution in [2.45, 2.75) is 13.5 Å². The molecule has 0 spiro atoms. The zero-order chi connectivity index (χ0) is 14.7. The number of nitro benzene ring substituents is 1. The van der Waals surface area contributed by atoms with Crippen LogP contribution in [0.5, 0.6) is 5.75 Å². The summed E-state index contributed by atoms with van der Waals surface area (Å²) in [4.78, 5) is 18.6. The van der Waals surface area contributed by atoms with Gasteiger partial charge in [0, 0.05) is 16.2 Å². The second kappa shape index (κ2) is 6.15. The number of ether oxygens (including phenoxy) is 1. The summed E-state index contributed by atoms with van der Waals surface area (Å²) >= 11 is 8.99. The molecule has 0 bridgehead atoms. The molecule has 0 atom stereocenters. The third-order valence-electron chi connectivity index (χ3n) is 2.34. The van der Waals surface area contributed by atoms with Gasteiger partial charge in [0.15, 0.2) is 11.6 Å². The first-order valence-electron chi connectivity index (χ1n) is 5.52. The normalized spacial score (nSPS) is 10.3. The van der Waals surface area contributed by atoms with E-state index in [1.165, 1.54) is 12.1 Å². The van der Waals surface area contributed by atoms with Crippen molar-refractivity contribution in [2.24, 2.45) is 0 Å². The minimum absolute atomic E-state index is 0.00384. The molecule has 8 heteroatoms. The quantitative estimate of drug-likeness (QED) is 0.473. The van der Waals surface area contributed by atoms with Gasteiger partial charge < -0.3 is 4.74 Å². The Bertz CT molecular complexity index is 646. The molecule has 2 rings (SSSR count). The van der Waals surface area contributed by atoms with E-state index in [-0.39, 0.29) is 18.0 Å². The predicted molar refractivity (Wildman–Crippen MR) is 76.9 cm³/mol. The Hall–Kier alpha value is -1.73. The molecule has 104 valence electrons. The fourth-order valence-electron chi connectivity index (χ4n) is 1.55. The SMILES string of the molecule is Cc1cc(Cl)nc(COc2ccc(Br)cc2[N+](=O)[O-])n1. The molecule has 1 aromatic heterocycles. The summed E-state index contributed by atoms with van der Waals surface area (Å²) in [6.45, 7) is 1.78. The second-order valence-electron chi connectivity index (χ2n) is 3.91. The highest BCUT2D eigenvalue weighted by molar-refractivity contribution is 9.10. The van der Waals surface area contributed by atoms with Crippen LogP contribution in [-0.4, -0.2) is 14.9 Å². The molecule has 20 heavy (non-hydrogen) atoms. The van der Waals surface area contributed by atoms with Gasteiger partial charge in [-0.15, -0.1) is 0 Å². The molecule has 0 radical (unpaired) electrons. The van der Waals surface area contributed by atoms with Gasteiger partial charge >= 0.3 is 5.69 Å². The molecule has 2 aromatic rings. The summed E-state index contributed by atoms with van der Waals surface area (Å²) in [5, 5.41) is 11.3. The van der Waals surface area contributed by atoms with Gasteiger partial charge in [0.25, 0.3) is 0 Å². The first-order chi connectivity index (χ1) is 9.45. The smallest absolute Gasteiger partial charge is 0.312 e. The Morgan fingerprint density at radius 3 is 2.80 bits per heavy atom. The summed E-state index contributed by atoms with van der Waals surface area (Å²) in [6, 6.07) is 6.17. The number of rotatable bonds is 4. The fourth-order valence-corrected chi connectivity index (χ4v) is 2.16. The molecule has 0 aliphatic heterocycles. The summed E-state index contributed by atoms with van der Waals surface area (Å²) in [5.41, 5.74) is 0.576. The Kier molecular flexibility index (Phi) is 4.51. The van der Waals surface area contributed by atoms with Gasteiger partial charge in [-0.3, -0.25) is 10.1 Å². The standard InChI is InChI=1S/C12H9BrClN3O3/c1-7-4-11(14)16-12(15-7)6-20-10-3-2-8(13)5-9(10)17(18)19/h2-5H,6H2,1H3. The number of halogens is 2. The number of hydrogen-bond donors (Lipinski definition) is 0. The average Bonchev–Trinajstić information content (AvgIpc) is 2.36. The molecule has 1 aromatic carbocycles. The highest BCUT2D eigenvalue weighted by Gasteiger charge is 2.16. The molecule has 0 aliphatic rings. The van der Waals surface area contributed by atoms with Crippen molar-refractivity contribution in [3.63, 3.8) is 0 Å². The van der Waals surface area contributed by atoms with Gasteiger partial charge in [-0.25, -0.2) is 9.97 Å². The molecule has 1 heterocycles. The second-order valence-corrected chi connectivity index (χ2v) is 5.21. The molecule has 0 amide bonds. The van der Waals surface area contributed by atoms with Crippen LogP contribution in [0.4, 0.5) is 5.69 Å². The summed E-state index contributed by atoms with van der Waals surface area (Å²) in [7, 11) is 0. The van der Waals surface area contributed by atoms with Crippen LogP contribution >= 0.6 is 27.5 Å². The molecule has 0 saturated carbocycles. The maximum absolute atomic E-state index is 10.9. The fraction of sp³-hybridized carbons (Fsp3) is 0.167. The zero-order valence-corrected chi connectivity index (χ0v) is 12.7. The van der Waals surface area contributed by atoms with Gasteiger partial charge in [0.1, 0.15) is 11.8 Å². The molecule has 0 N–H and O–H groups in total. The van der Waals surface area contributed by atoms with Crippen LogP contribution in [0.3, 0.4) is 0 Å². The van der Waals surface area contributed by atoms with E-state index in [0.29, 0.717) is 21.1 Å². The van der Waals surface area contributed by atoms with E-state index in [4.69, 9.17) is 16.3 Å². The first-order valence-corrected chi connectivity index (χ1v) is 6.69. The number of hydrogen-bond acceptors (Lipinski definition) is 5. The lowest BCUT2D eigenvalue weighted by Gasteiger charge is -2.07. The topological polar surface area (TPSA) is 78.2 Å². The van der Waals surface area contributed by atoms with Crippen LogP contribution in [0.1, 0.15) is 11.5 Å². The molecular weight excluding hydrogens is 350 g/mol. The van der Waals surface area contributed by atoms with Crippen LogP contribution in [0.15, 0.2) is 28.7 Å². The lowest BCUT2D eigenvalue weighted by Crippen LogP contribution is -2.04. The third-order valence-corrected chi connectivity index (χ3v) is 3.03.